The molecule has 0 saturated heterocycles. The van der Waals surface area contributed by atoms with Gasteiger partial charge >= 0.3 is 5.97 Å². The molecule has 0 aromatic heterocycles. The minimum absolute atomic E-state index is 0.0497. The Kier molecular flexibility index (Phi) is 5.12. The number of hydrogen-bond donors (Lipinski definition) is 1. The van der Waals surface area contributed by atoms with Gasteiger partial charge in [0.25, 0.3) is 0 Å². The van der Waals surface area contributed by atoms with E-state index in [-0.39, 0.29) is 6.42 Å². The summed E-state index contributed by atoms with van der Waals surface area (Å²) in [6.45, 7) is 2.78. The van der Waals surface area contributed by atoms with Crippen molar-refractivity contribution in [3.05, 3.63) is 35.9 Å². The van der Waals surface area contributed by atoms with Crippen molar-refractivity contribution in [2.45, 2.75) is 19.8 Å². The first kappa shape index (κ1) is 12.3. The SMILES string of the molecule is CCCOc1ccc(/C=C/CC(=O)O)cc1. The van der Waals surface area contributed by atoms with E-state index in [0.717, 1.165) is 17.7 Å². The molecule has 0 atom stereocenters. The number of carboxylic acid groups (broad SMARTS) is 1. The van der Waals surface area contributed by atoms with Gasteiger partial charge in [0.15, 0.2) is 0 Å². The Labute approximate surface area is 95.4 Å². The lowest BCUT2D eigenvalue weighted by atomic mass is 10.2. The molecule has 0 amide bonds. The summed E-state index contributed by atoms with van der Waals surface area (Å²) in [5.41, 5.74) is 0.977. The van der Waals surface area contributed by atoms with E-state index < -0.39 is 5.97 Å². The van der Waals surface area contributed by atoms with Crippen molar-refractivity contribution < 1.29 is 14.6 Å². The van der Waals surface area contributed by atoms with Crippen LogP contribution in [-0.2, 0) is 4.79 Å². The van der Waals surface area contributed by atoms with Gasteiger partial charge in [-0.25, -0.2) is 0 Å². The van der Waals surface area contributed by atoms with E-state index in [9.17, 15) is 4.79 Å². The summed E-state index contributed by atoms with van der Waals surface area (Å²) < 4.78 is 5.43. The van der Waals surface area contributed by atoms with Gasteiger partial charge in [0.1, 0.15) is 5.75 Å². The van der Waals surface area contributed by atoms with Crippen molar-refractivity contribution in [3.63, 3.8) is 0 Å². The number of rotatable bonds is 6. The lowest BCUT2D eigenvalue weighted by molar-refractivity contribution is -0.135. The highest BCUT2D eigenvalue weighted by Gasteiger charge is 1.93. The second-order valence-electron chi connectivity index (χ2n) is 3.42. The topological polar surface area (TPSA) is 46.5 Å². The lowest BCUT2D eigenvalue weighted by Crippen LogP contribution is -1.94. The molecule has 86 valence electrons. The van der Waals surface area contributed by atoms with E-state index in [1.54, 1.807) is 12.2 Å². The van der Waals surface area contributed by atoms with Gasteiger partial charge in [-0.15, -0.1) is 0 Å². The summed E-state index contributed by atoms with van der Waals surface area (Å²) in [4.78, 5) is 10.3. The normalized spacial score (nSPS) is 10.6. The molecular formula is C13H16O3. The fourth-order valence-electron chi connectivity index (χ4n) is 1.19. The van der Waals surface area contributed by atoms with E-state index in [1.807, 2.05) is 24.3 Å². The van der Waals surface area contributed by atoms with E-state index in [0.29, 0.717) is 6.61 Å². The van der Waals surface area contributed by atoms with Crippen molar-refractivity contribution in [1.29, 1.82) is 0 Å². The Bertz CT molecular complexity index is 352. The second kappa shape index (κ2) is 6.67. The van der Waals surface area contributed by atoms with Crippen LogP contribution < -0.4 is 4.74 Å². The Morgan fingerprint density at radius 2 is 2.06 bits per heavy atom. The minimum Gasteiger partial charge on any atom is -0.494 e. The lowest BCUT2D eigenvalue weighted by Gasteiger charge is -2.03. The second-order valence-corrected chi connectivity index (χ2v) is 3.42. The number of ether oxygens (including phenoxy) is 1. The largest absolute Gasteiger partial charge is 0.494 e. The van der Waals surface area contributed by atoms with E-state index in [1.165, 1.54) is 0 Å². The third-order valence-corrected chi connectivity index (χ3v) is 1.96. The van der Waals surface area contributed by atoms with Crippen LogP contribution in [0.5, 0.6) is 5.75 Å². The first-order valence-electron chi connectivity index (χ1n) is 5.33. The highest BCUT2D eigenvalue weighted by atomic mass is 16.5. The molecule has 1 aromatic carbocycles. The summed E-state index contributed by atoms with van der Waals surface area (Å²) in [6.07, 6.45) is 4.45. The molecule has 3 nitrogen and oxygen atoms in total. The average molecular weight is 220 g/mol. The Morgan fingerprint density at radius 3 is 2.62 bits per heavy atom. The number of carboxylic acids is 1. The first-order valence-corrected chi connectivity index (χ1v) is 5.33. The number of aliphatic carboxylic acids is 1. The molecule has 0 fully saturated rings. The quantitative estimate of drug-likeness (QED) is 0.801. The summed E-state index contributed by atoms with van der Waals surface area (Å²) in [7, 11) is 0. The van der Waals surface area contributed by atoms with Crippen LogP contribution in [0.3, 0.4) is 0 Å². The van der Waals surface area contributed by atoms with Gasteiger partial charge in [-0.05, 0) is 24.1 Å². The van der Waals surface area contributed by atoms with Crippen LogP contribution in [0.2, 0.25) is 0 Å². The highest BCUT2D eigenvalue weighted by Crippen LogP contribution is 2.13. The van der Waals surface area contributed by atoms with Gasteiger partial charge in [-0.3, -0.25) is 4.79 Å². The van der Waals surface area contributed by atoms with Crippen molar-refractivity contribution in [1.82, 2.24) is 0 Å². The van der Waals surface area contributed by atoms with Gasteiger partial charge < -0.3 is 9.84 Å². The van der Waals surface area contributed by atoms with Crippen molar-refractivity contribution in [2.24, 2.45) is 0 Å². The summed E-state index contributed by atoms with van der Waals surface area (Å²) in [5, 5.41) is 8.46. The van der Waals surface area contributed by atoms with Gasteiger partial charge in [0.2, 0.25) is 0 Å². The van der Waals surface area contributed by atoms with Gasteiger partial charge in [0, 0.05) is 0 Å². The Hall–Kier alpha value is -1.77. The maximum absolute atomic E-state index is 10.3. The van der Waals surface area contributed by atoms with E-state index >= 15 is 0 Å². The summed E-state index contributed by atoms with van der Waals surface area (Å²) >= 11 is 0. The molecule has 0 aliphatic heterocycles. The molecule has 0 aliphatic carbocycles. The first-order chi connectivity index (χ1) is 7.72. The highest BCUT2D eigenvalue weighted by molar-refractivity contribution is 5.70. The predicted molar refractivity (Wildman–Crippen MR) is 63.5 cm³/mol. The predicted octanol–water partition coefficient (Wildman–Crippen LogP) is 2.96. The van der Waals surface area contributed by atoms with Crippen LogP contribution in [-0.4, -0.2) is 17.7 Å². The Morgan fingerprint density at radius 1 is 1.38 bits per heavy atom. The molecule has 0 spiro atoms. The molecule has 3 heteroatoms. The summed E-state index contributed by atoms with van der Waals surface area (Å²) in [5.74, 6) is 0.0244. The smallest absolute Gasteiger partial charge is 0.307 e. The molecule has 1 rings (SSSR count). The van der Waals surface area contributed by atoms with Crippen LogP contribution in [0.1, 0.15) is 25.3 Å². The molecular weight excluding hydrogens is 204 g/mol. The summed E-state index contributed by atoms with van der Waals surface area (Å²) in [6, 6.07) is 7.58. The number of benzene rings is 1. The molecule has 1 aromatic rings. The van der Waals surface area contributed by atoms with Crippen LogP contribution >= 0.6 is 0 Å². The van der Waals surface area contributed by atoms with Crippen molar-refractivity contribution in [3.8, 4) is 5.75 Å². The maximum atomic E-state index is 10.3. The van der Waals surface area contributed by atoms with Crippen LogP contribution in [0.25, 0.3) is 6.08 Å². The number of carbonyl (C=O) groups is 1. The molecule has 0 aliphatic rings. The van der Waals surface area contributed by atoms with Gasteiger partial charge in [-0.2, -0.15) is 0 Å². The van der Waals surface area contributed by atoms with Crippen LogP contribution in [0.4, 0.5) is 0 Å². The fourth-order valence-corrected chi connectivity index (χ4v) is 1.19. The fraction of sp³-hybridized carbons (Fsp3) is 0.308. The Balaban J connectivity index is 2.50. The third-order valence-electron chi connectivity index (χ3n) is 1.96. The zero-order valence-electron chi connectivity index (χ0n) is 9.35. The monoisotopic (exact) mass is 220 g/mol. The van der Waals surface area contributed by atoms with Crippen LogP contribution in [0, 0.1) is 0 Å². The number of hydrogen-bond acceptors (Lipinski definition) is 2. The standard InChI is InChI=1S/C13H16O3/c1-2-10-16-12-8-6-11(7-9-12)4-3-5-13(14)15/h3-4,6-9H,2,5,10H2,1H3,(H,14,15)/b4-3+. The van der Waals surface area contributed by atoms with E-state index in [2.05, 4.69) is 6.92 Å². The molecule has 0 saturated carbocycles. The molecule has 0 bridgehead atoms. The van der Waals surface area contributed by atoms with Gasteiger partial charge in [-0.1, -0.05) is 31.2 Å². The van der Waals surface area contributed by atoms with E-state index in [4.69, 9.17) is 9.84 Å². The molecule has 0 unspecified atom stereocenters. The zero-order chi connectivity index (χ0) is 11.8. The molecule has 0 radical (unpaired) electrons. The molecule has 16 heavy (non-hydrogen) atoms. The van der Waals surface area contributed by atoms with Crippen LogP contribution in [0.15, 0.2) is 30.3 Å². The minimum atomic E-state index is -0.820. The zero-order valence-corrected chi connectivity index (χ0v) is 9.35. The van der Waals surface area contributed by atoms with Crippen molar-refractivity contribution in [2.75, 3.05) is 6.61 Å². The average Bonchev–Trinajstić information content (AvgIpc) is 2.27. The molecule has 0 heterocycles. The van der Waals surface area contributed by atoms with Crippen molar-refractivity contribution >= 4 is 12.0 Å². The third kappa shape index (κ3) is 4.64. The molecule has 1 N–H and O–H groups in total. The maximum Gasteiger partial charge on any atom is 0.307 e. The van der Waals surface area contributed by atoms with Gasteiger partial charge in [0.05, 0.1) is 13.0 Å².